The minimum absolute atomic E-state index is 0. The Morgan fingerprint density at radius 2 is 0.653 bits per heavy atom. The van der Waals surface area contributed by atoms with Crippen molar-refractivity contribution in [1.82, 2.24) is 0 Å². The second-order valence-corrected chi connectivity index (χ2v) is 21.3. The zero-order chi connectivity index (χ0) is 64.5. The molecular weight excluding hydrogens is 1230 g/mol. The van der Waals surface area contributed by atoms with Gasteiger partial charge in [-0.15, -0.1) is 0 Å². The highest BCUT2D eigenvalue weighted by Gasteiger charge is 2.01. The van der Waals surface area contributed by atoms with Gasteiger partial charge in [-0.05, 0) is 170 Å². The van der Waals surface area contributed by atoms with Crippen LogP contribution in [0.15, 0.2) is 296 Å². The van der Waals surface area contributed by atoms with E-state index in [4.69, 9.17) is 20.8 Å². The van der Waals surface area contributed by atoms with Gasteiger partial charge in [0, 0.05) is 17.2 Å². The Hall–Kier alpha value is -9.62. The molecule has 0 aliphatic carbocycles. The Morgan fingerprint density at radius 1 is 0.337 bits per heavy atom. The van der Waals surface area contributed by atoms with E-state index in [0.717, 1.165) is 27.7 Å². The van der Waals surface area contributed by atoms with Crippen LogP contribution >= 0.6 is 11.6 Å². The van der Waals surface area contributed by atoms with E-state index < -0.39 is 4.92 Å². The summed E-state index contributed by atoms with van der Waals surface area (Å²) in [4.78, 5) is 9.71. The normalized spacial score (nSPS) is 8.44. The van der Waals surface area contributed by atoms with E-state index in [-0.39, 0.29) is 85.8 Å². The molecule has 1 heterocycles. The Bertz CT molecular complexity index is 3530. The molecule has 534 valence electrons. The number of halogens is 2. The van der Waals surface area contributed by atoms with Gasteiger partial charge in [0.15, 0.2) is 0 Å². The molecule has 0 saturated carbocycles. The average Bonchev–Trinajstić information content (AvgIpc) is 0.867. The molecule has 98 heavy (non-hydrogen) atoms. The molecule has 0 N–H and O–H groups in total. The second kappa shape index (κ2) is 61.0. The molecule has 7 heteroatoms. The number of hydrogen-bond donors (Lipinski definition) is 0. The van der Waals surface area contributed by atoms with Gasteiger partial charge in [0.2, 0.25) is 0 Å². The number of non-ortho nitro benzene ring substituents is 1. The summed E-state index contributed by atoms with van der Waals surface area (Å²) < 4.78 is 21.9. The Kier molecular flexibility index (Phi) is 65.0. The molecule has 0 saturated heterocycles. The predicted molar refractivity (Wildman–Crippen MR) is 442 cm³/mol. The number of rotatable bonds is 3. The number of furan rings is 1. The van der Waals surface area contributed by atoms with Crippen molar-refractivity contribution in [2.75, 3.05) is 7.11 Å². The number of fused-ring (bicyclic) bond motifs is 1. The van der Waals surface area contributed by atoms with Crippen LogP contribution in [0.25, 0.3) is 21.9 Å². The summed E-state index contributed by atoms with van der Waals surface area (Å²) in [5.74, 6) is 1.71. The van der Waals surface area contributed by atoms with Crippen LogP contribution in [-0.2, 0) is 0 Å². The van der Waals surface area contributed by atoms with Crippen LogP contribution in [0.1, 0.15) is 141 Å². The molecule has 12 rings (SSSR count). The van der Waals surface area contributed by atoms with Crippen LogP contribution < -0.4 is 4.74 Å². The minimum atomic E-state index is -0.403. The molecule has 12 aromatic rings. The predicted octanol–water partition coefficient (Wildman–Crippen LogP) is 30.1. The second-order valence-electron chi connectivity index (χ2n) is 20.8. The highest BCUT2D eigenvalue weighted by atomic mass is 35.5. The van der Waals surface area contributed by atoms with Gasteiger partial charge < -0.3 is 9.15 Å². The van der Waals surface area contributed by atoms with E-state index >= 15 is 0 Å². The highest BCUT2D eigenvalue weighted by molar-refractivity contribution is 6.30. The van der Waals surface area contributed by atoms with Gasteiger partial charge >= 0.3 is 0 Å². The van der Waals surface area contributed by atoms with Crippen LogP contribution in [0, 0.1) is 99.0 Å². The van der Waals surface area contributed by atoms with Crippen LogP contribution in [-0.4, -0.2) is 12.0 Å². The lowest BCUT2D eigenvalue weighted by Crippen LogP contribution is -1.86. The lowest BCUT2D eigenvalue weighted by atomic mass is 10.0. The van der Waals surface area contributed by atoms with Gasteiger partial charge in [-0.2, -0.15) is 0 Å². The Labute approximate surface area is 603 Å². The maximum atomic E-state index is 12.1. The van der Waals surface area contributed by atoms with Crippen molar-refractivity contribution in [3.63, 3.8) is 0 Å². The highest BCUT2D eigenvalue weighted by Crippen LogP contribution is 2.20. The van der Waals surface area contributed by atoms with E-state index in [1.807, 2.05) is 113 Å². The fourth-order valence-corrected chi connectivity index (χ4v) is 7.49. The lowest BCUT2D eigenvalue weighted by Gasteiger charge is -2.00. The van der Waals surface area contributed by atoms with Crippen LogP contribution in [0.4, 0.5) is 10.1 Å². The third-order valence-corrected chi connectivity index (χ3v) is 13.2. The number of hydrogen-bond acceptors (Lipinski definition) is 4. The van der Waals surface area contributed by atoms with Gasteiger partial charge in [0.25, 0.3) is 5.69 Å². The average molecular weight is 1350 g/mol. The number of methoxy groups -OCH3 is 1. The summed E-state index contributed by atoms with van der Waals surface area (Å²) in [6, 6.07) is 93.3. The topological polar surface area (TPSA) is 65.5 Å². The molecule has 0 amide bonds. The number of ether oxygens (including phenoxy) is 1. The van der Waals surface area contributed by atoms with E-state index in [1.54, 1.807) is 37.6 Å². The number of aryl methyl sites for hydroxylation is 12. The van der Waals surface area contributed by atoms with Crippen LogP contribution in [0.3, 0.4) is 0 Å². The molecule has 0 fully saturated rings. The quantitative estimate of drug-likeness (QED) is 0.131. The number of benzene rings is 11. The molecule has 0 unspecified atom stereocenters. The maximum Gasteiger partial charge on any atom is 0.269 e. The first-order valence-electron chi connectivity index (χ1n) is 29.1. The van der Waals surface area contributed by atoms with Crippen molar-refractivity contribution in [3.05, 3.63) is 379 Å². The van der Waals surface area contributed by atoms with E-state index in [0.29, 0.717) is 0 Å². The van der Waals surface area contributed by atoms with Crippen molar-refractivity contribution in [2.45, 2.75) is 157 Å². The first-order chi connectivity index (χ1) is 42.2. The number of nitro groups is 1. The molecule has 1 aromatic heterocycles. The summed E-state index contributed by atoms with van der Waals surface area (Å²) >= 11 is 5.61. The summed E-state index contributed by atoms with van der Waals surface area (Å²) in [6.07, 6.45) is 1.66. The maximum absolute atomic E-state index is 12.1. The summed E-state index contributed by atoms with van der Waals surface area (Å²) in [7, 11) is 1.67. The fraction of sp³-hybridized carbons (Fsp3) is 0.253. The van der Waals surface area contributed by atoms with Crippen molar-refractivity contribution in [2.24, 2.45) is 0 Å². The van der Waals surface area contributed by atoms with Crippen LogP contribution in [0.2, 0.25) is 5.02 Å². The molecule has 0 atom stereocenters. The SMILES string of the molecule is C.C.C.C.C.C.C.C.C.C.COc1ccc(C)cc1.Cc1ccc(-c2ccccc2)cc1.Cc1ccc(C)cc1.Cc1ccc(Cl)cc1.Cc1ccc(F)cc1.Cc1ccc([N+](=O)[O-])cc1.Cc1cccc2ccccc12.Cc1ccccc1.Cc1ccccc1C.Cc1ccco1. The Morgan fingerprint density at radius 3 is 0.980 bits per heavy atom. The first-order valence-corrected chi connectivity index (χ1v) is 29.5. The lowest BCUT2D eigenvalue weighted by molar-refractivity contribution is -0.384. The van der Waals surface area contributed by atoms with Gasteiger partial charge in [0.1, 0.15) is 17.3 Å². The largest absolute Gasteiger partial charge is 0.497 e. The number of nitrogens with zero attached hydrogens (tertiary/aromatic N) is 1. The summed E-state index contributed by atoms with van der Waals surface area (Å²) in [6.45, 7) is 24.6. The van der Waals surface area contributed by atoms with Gasteiger partial charge in [-0.25, -0.2) is 4.39 Å². The standard InChI is InChI=1S/C13H12.C11H10.C8H10O.2C8H10.C7H7Cl.C7H7F.C7H7NO2.C7H8.C5H6O.10CH4/c1-11-7-9-13(10-8-11)12-5-3-2-4-6-12;1-9-5-4-7-10-6-2-3-8-11(9)10;1-7-3-5-8(9-2)6-4-7;1-7-3-5-8(2)6-4-7;1-7-5-3-4-6-8(7)2;2*1-6-2-4-7(8)5-3-6;1-6-2-4-7(5-3-6)8(9)10;1-7-5-3-2-4-6-7;1-5-3-2-4-6-5;;;;;;;;;;/h2-10H,1H3;2-8H,1H3;3-6H,1-2H3;2*3-6H,1-2H3;2*2-5H,1H3;2-5H,1H3;2-6H,1H3;2-4H,1H3;10*1H4. The summed E-state index contributed by atoms with van der Waals surface area (Å²) in [5, 5.41) is 13.6. The third kappa shape index (κ3) is 47.3. The first kappa shape index (κ1) is 104. The number of nitro benzene ring substituents is 1. The molecule has 0 aliphatic heterocycles. The molecular formula is C91H127ClFNO4. The zero-order valence-corrected chi connectivity index (χ0v) is 54.3. The third-order valence-electron chi connectivity index (χ3n) is 12.9. The molecule has 0 radical (unpaired) electrons. The van der Waals surface area contributed by atoms with E-state index in [1.165, 1.54) is 96.2 Å². The summed E-state index contributed by atoms with van der Waals surface area (Å²) in [5.41, 5.74) is 16.7. The molecule has 0 spiro atoms. The van der Waals surface area contributed by atoms with Gasteiger partial charge in [0.05, 0.1) is 18.3 Å². The van der Waals surface area contributed by atoms with Gasteiger partial charge in [-0.3, -0.25) is 10.1 Å². The zero-order valence-electron chi connectivity index (χ0n) is 53.5. The van der Waals surface area contributed by atoms with E-state index in [2.05, 4.69) is 207 Å². The van der Waals surface area contributed by atoms with E-state index in [9.17, 15) is 14.5 Å². The molecule has 11 aromatic carbocycles. The molecule has 0 aliphatic rings. The van der Waals surface area contributed by atoms with Crippen molar-refractivity contribution in [1.29, 1.82) is 0 Å². The van der Waals surface area contributed by atoms with Crippen LogP contribution in [0.5, 0.6) is 5.75 Å². The Balaban J connectivity index is -0.000000152. The van der Waals surface area contributed by atoms with Crippen molar-refractivity contribution >= 4 is 28.1 Å². The minimum Gasteiger partial charge on any atom is -0.497 e. The molecule has 0 bridgehead atoms. The van der Waals surface area contributed by atoms with Crippen molar-refractivity contribution in [3.8, 4) is 16.9 Å². The fourth-order valence-electron chi connectivity index (χ4n) is 7.37. The smallest absolute Gasteiger partial charge is 0.269 e. The monoisotopic (exact) mass is 1350 g/mol. The molecule has 5 nitrogen and oxygen atoms in total. The van der Waals surface area contributed by atoms with Gasteiger partial charge in [-0.1, -0.05) is 355 Å². The van der Waals surface area contributed by atoms with Crippen molar-refractivity contribution < 1.29 is 18.5 Å².